The third-order valence-electron chi connectivity index (χ3n) is 3.82. The predicted octanol–water partition coefficient (Wildman–Crippen LogP) is 1.41. The quantitative estimate of drug-likeness (QED) is 0.858. The maximum Gasteiger partial charge on any atom is 0.0946 e. The Labute approximate surface area is 104 Å². The van der Waals surface area contributed by atoms with Crippen LogP contribution in [0.4, 0.5) is 0 Å². The largest absolute Gasteiger partial charge is 0.336 e. The van der Waals surface area contributed by atoms with Crippen molar-refractivity contribution in [3.05, 3.63) is 18.2 Å². The minimum absolute atomic E-state index is 0.510. The van der Waals surface area contributed by atoms with E-state index < -0.39 is 0 Å². The summed E-state index contributed by atoms with van der Waals surface area (Å²) < 4.78 is 2.16. The van der Waals surface area contributed by atoms with Crippen LogP contribution in [0.1, 0.15) is 31.5 Å². The van der Waals surface area contributed by atoms with Gasteiger partial charge in [-0.2, -0.15) is 0 Å². The monoisotopic (exact) mass is 236 g/mol. The zero-order valence-electron chi connectivity index (χ0n) is 11.2. The lowest BCUT2D eigenvalue weighted by molar-refractivity contribution is 0.114. The maximum atomic E-state index is 4.26. The summed E-state index contributed by atoms with van der Waals surface area (Å²) in [4.78, 5) is 6.74. The lowest BCUT2D eigenvalue weighted by Crippen LogP contribution is -2.41. The van der Waals surface area contributed by atoms with Crippen molar-refractivity contribution in [2.45, 2.75) is 25.8 Å². The van der Waals surface area contributed by atoms with Crippen LogP contribution in [-0.4, -0.2) is 41.1 Å². The number of aromatic nitrogens is 2. The van der Waals surface area contributed by atoms with Crippen molar-refractivity contribution in [1.82, 2.24) is 19.8 Å². The van der Waals surface area contributed by atoms with Crippen LogP contribution in [0.2, 0.25) is 0 Å². The second-order valence-corrected chi connectivity index (χ2v) is 5.06. The standard InChI is InChI=1S/C13H24N4/c1-4-14-8-11-6-5-7-16(2)13(11)12-9-15-10-17(12)3/h9-11,13-14H,4-8H2,1-3H3. The lowest BCUT2D eigenvalue weighted by atomic mass is 9.87. The Bertz CT molecular complexity index is 347. The first kappa shape index (κ1) is 12.6. The fourth-order valence-electron chi connectivity index (χ4n) is 2.92. The second kappa shape index (κ2) is 5.65. The van der Waals surface area contributed by atoms with E-state index in [0.29, 0.717) is 12.0 Å². The molecule has 0 aliphatic carbocycles. The summed E-state index contributed by atoms with van der Waals surface area (Å²) in [5.41, 5.74) is 1.34. The highest BCUT2D eigenvalue weighted by molar-refractivity contribution is 5.08. The molecule has 17 heavy (non-hydrogen) atoms. The highest BCUT2D eigenvalue weighted by Crippen LogP contribution is 2.34. The highest BCUT2D eigenvalue weighted by Gasteiger charge is 2.31. The molecular weight excluding hydrogens is 212 g/mol. The molecule has 2 unspecified atom stereocenters. The number of hydrogen-bond donors (Lipinski definition) is 1. The van der Waals surface area contributed by atoms with Crippen molar-refractivity contribution in [3.63, 3.8) is 0 Å². The van der Waals surface area contributed by atoms with Crippen LogP contribution in [-0.2, 0) is 7.05 Å². The van der Waals surface area contributed by atoms with Crippen molar-refractivity contribution in [2.24, 2.45) is 13.0 Å². The number of rotatable bonds is 4. The van der Waals surface area contributed by atoms with Gasteiger partial charge in [0, 0.05) is 13.2 Å². The van der Waals surface area contributed by atoms with Gasteiger partial charge < -0.3 is 9.88 Å². The molecule has 1 aromatic rings. The molecule has 2 atom stereocenters. The topological polar surface area (TPSA) is 33.1 Å². The van der Waals surface area contributed by atoms with Crippen molar-refractivity contribution < 1.29 is 0 Å². The van der Waals surface area contributed by atoms with Crippen LogP contribution < -0.4 is 5.32 Å². The van der Waals surface area contributed by atoms with E-state index in [9.17, 15) is 0 Å². The van der Waals surface area contributed by atoms with Gasteiger partial charge in [-0.15, -0.1) is 0 Å². The summed E-state index contributed by atoms with van der Waals surface area (Å²) in [5.74, 6) is 0.698. The summed E-state index contributed by atoms with van der Waals surface area (Å²) in [6, 6.07) is 0.510. The fourth-order valence-corrected chi connectivity index (χ4v) is 2.92. The van der Waals surface area contributed by atoms with Gasteiger partial charge in [0.1, 0.15) is 0 Å². The van der Waals surface area contributed by atoms with Gasteiger partial charge in [-0.05, 0) is 45.4 Å². The molecule has 2 heterocycles. The first-order valence-corrected chi connectivity index (χ1v) is 6.61. The molecule has 0 amide bonds. The molecule has 0 saturated carbocycles. The molecule has 96 valence electrons. The van der Waals surface area contributed by atoms with Crippen LogP contribution in [0.15, 0.2) is 12.5 Å². The number of nitrogens with zero attached hydrogens (tertiary/aromatic N) is 3. The normalized spacial score (nSPS) is 26.3. The molecule has 0 aromatic carbocycles. The van der Waals surface area contributed by atoms with Gasteiger partial charge in [-0.1, -0.05) is 6.92 Å². The van der Waals surface area contributed by atoms with E-state index in [2.05, 4.69) is 40.8 Å². The minimum atomic E-state index is 0.510. The summed E-state index contributed by atoms with van der Waals surface area (Å²) in [5, 5.41) is 3.49. The Balaban J connectivity index is 2.16. The highest BCUT2D eigenvalue weighted by atomic mass is 15.2. The molecule has 2 rings (SSSR count). The second-order valence-electron chi connectivity index (χ2n) is 5.06. The first-order chi connectivity index (χ1) is 8.24. The van der Waals surface area contributed by atoms with Gasteiger partial charge in [0.2, 0.25) is 0 Å². The number of hydrogen-bond acceptors (Lipinski definition) is 3. The van der Waals surface area contributed by atoms with Gasteiger partial charge in [0.15, 0.2) is 0 Å². The van der Waals surface area contributed by atoms with E-state index in [0.717, 1.165) is 13.1 Å². The third kappa shape index (κ3) is 2.69. The Morgan fingerprint density at radius 1 is 1.47 bits per heavy atom. The van der Waals surface area contributed by atoms with E-state index >= 15 is 0 Å². The van der Waals surface area contributed by atoms with Crippen LogP contribution >= 0.6 is 0 Å². The molecule has 4 heteroatoms. The Morgan fingerprint density at radius 3 is 2.94 bits per heavy atom. The number of likely N-dealkylation sites (tertiary alicyclic amines) is 1. The summed E-state index contributed by atoms with van der Waals surface area (Å²) in [6.07, 6.45) is 6.54. The zero-order valence-corrected chi connectivity index (χ0v) is 11.2. The average molecular weight is 236 g/mol. The number of aryl methyl sites for hydroxylation is 1. The van der Waals surface area contributed by atoms with Crippen molar-refractivity contribution in [3.8, 4) is 0 Å². The van der Waals surface area contributed by atoms with Gasteiger partial charge in [-0.25, -0.2) is 4.98 Å². The van der Waals surface area contributed by atoms with Crippen LogP contribution in [0.3, 0.4) is 0 Å². The van der Waals surface area contributed by atoms with Crippen molar-refractivity contribution in [1.29, 1.82) is 0 Å². The van der Waals surface area contributed by atoms with Crippen LogP contribution in [0.5, 0.6) is 0 Å². The molecule has 0 bridgehead atoms. The van der Waals surface area contributed by atoms with Gasteiger partial charge >= 0.3 is 0 Å². The zero-order chi connectivity index (χ0) is 12.3. The third-order valence-corrected chi connectivity index (χ3v) is 3.82. The smallest absolute Gasteiger partial charge is 0.0946 e. The Kier molecular flexibility index (Phi) is 4.18. The minimum Gasteiger partial charge on any atom is -0.336 e. The molecule has 1 aliphatic heterocycles. The molecule has 1 aliphatic rings. The number of imidazole rings is 1. The van der Waals surface area contributed by atoms with Crippen LogP contribution in [0.25, 0.3) is 0 Å². The Morgan fingerprint density at radius 2 is 2.29 bits per heavy atom. The SMILES string of the molecule is CCNCC1CCCN(C)C1c1cncn1C. The number of piperidine rings is 1. The van der Waals surface area contributed by atoms with Gasteiger partial charge in [0.25, 0.3) is 0 Å². The van der Waals surface area contributed by atoms with Gasteiger partial charge in [-0.3, -0.25) is 4.90 Å². The molecule has 0 spiro atoms. The fraction of sp³-hybridized carbons (Fsp3) is 0.769. The van der Waals surface area contributed by atoms with E-state index in [-0.39, 0.29) is 0 Å². The van der Waals surface area contributed by atoms with E-state index in [4.69, 9.17) is 0 Å². The molecule has 0 radical (unpaired) electrons. The molecule has 1 saturated heterocycles. The predicted molar refractivity (Wildman–Crippen MR) is 69.8 cm³/mol. The summed E-state index contributed by atoms with van der Waals surface area (Å²) in [7, 11) is 4.32. The van der Waals surface area contributed by atoms with E-state index in [1.807, 2.05) is 12.5 Å². The molecule has 4 nitrogen and oxygen atoms in total. The van der Waals surface area contributed by atoms with E-state index in [1.165, 1.54) is 25.1 Å². The summed E-state index contributed by atoms with van der Waals surface area (Å²) >= 11 is 0. The average Bonchev–Trinajstić information content (AvgIpc) is 2.73. The van der Waals surface area contributed by atoms with Crippen molar-refractivity contribution in [2.75, 3.05) is 26.7 Å². The first-order valence-electron chi connectivity index (χ1n) is 6.61. The van der Waals surface area contributed by atoms with Gasteiger partial charge in [0.05, 0.1) is 18.1 Å². The van der Waals surface area contributed by atoms with E-state index in [1.54, 1.807) is 0 Å². The lowest BCUT2D eigenvalue weighted by Gasteiger charge is -2.39. The molecule has 1 aromatic heterocycles. The maximum absolute atomic E-state index is 4.26. The van der Waals surface area contributed by atoms with Crippen molar-refractivity contribution >= 4 is 0 Å². The Hall–Kier alpha value is -0.870. The molecular formula is C13H24N4. The molecule has 1 N–H and O–H groups in total. The summed E-state index contributed by atoms with van der Waals surface area (Å²) in [6.45, 7) is 5.53. The van der Waals surface area contributed by atoms with Crippen LogP contribution in [0, 0.1) is 5.92 Å². The number of nitrogens with one attached hydrogen (secondary N) is 1. The molecule has 1 fully saturated rings.